The van der Waals surface area contributed by atoms with Gasteiger partial charge in [-0.3, -0.25) is 4.68 Å². The van der Waals surface area contributed by atoms with Crippen LogP contribution in [0.1, 0.15) is 24.2 Å². The minimum absolute atomic E-state index is 0.228. The maximum atomic E-state index is 14.1. The first-order chi connectivity index (χ1) is 8.63. The van der Waals surface area contributed by atoms with Gasteiger partial charge in [0, 0.05) is 18.8 Å². The SMILES string of the molecule is CCNC(c1ccn(C)n1)c1cccc(Br)c1F. The fourth-order valence-corrected chi connectivity index (χ4v) is 2.29. The molecule has 5 heteroatoms. The number of nitrogens with zero attached hydrogens (tertiary/aromatic N) is 2. The molecule has 0 aliphatic carbocycles. The lowest BCUT2D eigenvalue weighted by Crippen LogP contribution is -2.23. The molecule has 1 atom stereocenters. The van der Waals surface area contributed by atoms with Gasteiger partial charge in [0.15, 0.2) is 0 Å². The van der Waals surface area contributed by atoms with Crippen molar-refractivity contribution in [1.82, 2.24) is 15.1 Å². The van der Waals surface area contributed by atoms with Crippen LogP contribution in [0.3, 0.4) is 0 Å². The van der Waals surface area contributed by atoms with Gasteiger partial charge in [0.1, 0.15) is 5.82 Å². The molecule has 0 spiro atoms. The largest absolute Gasteiger partial charge is 0.305 e. The molecule has 18 heavy (non-hydrogen) atoms. The van der Waals surface area contributed by atoms with E-state index in [2.05, 4.69) is 26.3 Å². The van der Waals surface area contributed by atoms with E-state index in [1.54, 1.807) is 16.8 Å². The Morgan fingerprint density at radius 2 is 2.22 bits per heavy atom. The van der Waals surface area contributed by atoms with E-state index in [4.69, 9.17) is 0 Å². The van der Waals surface area contributed by atoms with E-state index in [1.807, 2.05) is 32.3 Å². The van der Waals surface area contributed by atoms with Crippen molar-refractivity contribution >= 4 is 15.9 Å². The Kier molecular flexibility index (Phi) is 4.14. The summed E-state index contributed by atoms with van der Waals surface area (Å²) in [6.45, 7) is 2.74. The van der Waals surface area contributed by atoms with Gasteiger partial charge >= 0.3 is 0 Å². The van der Waals surface area contributed by atoms with Crippen molar-refractivity contribution in [3.8, 4) is 0 Å². The van der Waals surface area contributed by atoms with Crippen LogP contribution in [-0.2, 0) is 7.05 Å². The molecular formula is C13H15BrFN3. The topological polar surface area (TPSA) is 29.9 Å². The van der Waals surface area contributed by atoms with Crippen LogP contribution >= 0.6 is 15.9 Å². The molecule has 2 rings (SSSR count). The number of rotatable bonds is 4. The molecule has 0 saturated heterocycles. The zero-order valence-electron chi connectivity index (χ0n) is 10.3. The van der Waals surface area contributed by atoms with Crippen LogP contribution in [0, 0.1) is 5.82 Å². The number of hydrogen-bond donors (Lipinski definition) is 1. The first kappa shape index (κ1) is 13.2. The molecule has 1 heterocycles. The van der Waals surface area contributed by atoms with Gasteiger partial charge < -0.3 is 5.32 Å². The standard InChI is InChI=1S/C13H15BrFN3/c1-3-16-13(11-7-8-18(2)17-11)9-5-4-6-10(14)12(9)15/h4-8,13,16H,3H2,1-2H3. The first-order valence-corrected chi connectivity index (χ1v) is 6.59. The predicted octanol–water partition coefficient (Wildman–Crippen LogP) is 3.02. The molecule has 0 amide bonds. The highest BCUT2D eigenvalue weighted by atomic mass is 79.9. The van der Waals surface area contributed by atoms with Crippen LogP contribution in [0.5, 0.6) is 0 Å². The molecule has 0 aliphatic rings. The maximum Gasteiger partial charge on any atom is 0.142 e. The third-order valence-corrected chi connectivity index (χ3v) is 3.34. The molecule has 1 aromatic carbocycles. The predicted molar refractivity (Wildman–Crippen MR) is 72.8 cm³/mol. The van der Waals surface area contributed by atoms with Crippen molar-refractivity contribution < 1.29 is 4.39 Å². The highest BCUT2D eigenvalue weighted by Gasteiger charge is 2.20. The van der Waals surface area contributed by atoms with Crippen molar-refractivity contribution in [1.29, 1.82) is 0 Å². The summed E-state index contributed by atoms with van der Waals surface area (Å²) < 4.78 is 16.3. The lowest BCUT2D eigenvalue weighted by atomic mass is 10.0. The van der Waals surface area contributed by atoms with E-state index in [0.29, 0.717) is 10.0 Å². The van der Waals surface area contributed by atoms with Crippen LogP contribution in [-0.4, -0.2) is 16.3 Å². The molecular weight excluding hydrogens is 297 g/mol. The number of benzene rings is 1. The van der Waals surface area contributed by atoms with Crippen molar-refractivity contribution in [2.75, 3.05) is 6.54 Å². The van der Waals surface area contributed by atoms with E-state index in [1.165, 1.54) is 0 Å². The Balaban J connectivity index is 2.44. The van der Waals surface area contributed by atoms with Crippen LogP contribution in [0.15, 0.2) is 34.9 Å². The molecule has 0 bridgehead atoms. The fourth-order valence-electron chi connectivity index (χ4n) is 1.91. The molecule has 0 saturated carbocycles. The highest BCUT2D eigenvalue weighted by Crippen LogP contribution is 2.27. The van der Waals surface area contributed by atoms with Crippen molar-refractivity contribution in [2.45, 2.75) is 13.0 Å². The number of aromatic nitrogens is 2. The number of nitrogens with one attached hydrogen (secondary N) is 1. The van der Waals surface area contributed by atoms with Gasteiger partial charge in [0.25, 0.3) is 0 Å². The quantitative estimate of drug-likeness (QED) is 0.940. The Morgan fingerprint density at radius 3 is 2.83 bits per heavy atom. The Morgan fingerprint density at radius 1 is 1.44 bits per heavy atom. The molecule has 2 aromatic rings. The summed E-state index contributed by atoms with van der Waals surface area (Å²) in [5, 5.41) is 7.61. The number of aryl methyl sites for hydroxylation is 1. The van der Waals surface area contributed by atoms with Gasteiger partial charge in [-0.05, 0) is 34.6 Å². The van der Waals surface area contributed by atoms with Crippen molar-refractivity contribution in [2.24, 2.45) is 7.05 Å². The summed E-state index contributed by atoms with van der Waals surface area (Å²) in [7, 11) is 1.85. The summed E-state index contributed by atoms with van der Waals surface area (Å²) in [5.74, 6) is -0.242. The average molecular weight is 312 g/mol. The van der Waals surface area contributed by atoms with E-state index in [0.717, 1.165) is 12.2 Å². The zero-order chi connectivity index (χ0) is 13.1. The average Bonchev–Trinajstić information content (AvgIpc) is 2.77. The number of halogens is 2. The van der Waals surface area contributed by atoms with E-state index in [-0.39, 0.29) is 11.9 Å². The van der Waals surface area contributed by atoms with Gasteiger partial charge in [-0.25, -0.2) is 4.39 Å². The second kappa shape index (κ2) is 5.63. The van der Waals surface area contributed by atoms with Crippen molar-refractivity contribution in [3.05, 3.63) is 52.0 Å². The van der Waals surface area contributed by atoms with Gasteiger partial charge in [-0.2, -0.15) is 5.10 Å². The van der Waals surface area contributed by atoms with Crippen LogP contribution in [0.2, 0.25) is 0 Å². The van der Waals surface area contributed by atoms with Gasteiger partial charge in [0.2, 0.25) is 0 Å². The molecule has 1 N–H and O–H groups in total. The summed E-state index contributed by atoms with van der Waals surface area (Å²) >= 11 is 3.21. The Hall–Kier alpha value is -1.20. The van der Waals surface area contributed by atoms with Gasteiger partial charge in [-0.15, -0.1) is 0 Å². The third-order valence-electron chi connectivity index (χ3n) is 2.73. The summed E-state index contributed by atoms with van der Waals surface area (Å²) in [4.78, 5) is 0. The van der Waals surface area contributed by atoms with Crippen molar-refractivity contribution in [3.63, 3.8) is 0 Å². The first-order valence-electron chi connectivity index (χ1n) is 5.80. The molecule has 96 valence electrons. The number of hydrogen-bond acceptors (Lipinski definition) is 2. The Bertz CT molecular complexity index is 539. The summed E-state index contributed by atoms with van der Waals surface area (Å²) in [6, 6.07) is 6.97. The lowest BCUT2D eigenvalue weighted by Gasteiger charge is -2.17. The van der Waals surface area contributed by atoms with Crippen LogP contribution < -0.4 is 5.32 Å². The molecule has 1 aromatic heterocycles. The van der Waals surface area contributed by atoms with Crippen LogP contribution in [0.25, 0.3) is 0 Å². The van der Waals surface area contributed by atoms with E-state index >= 15 is 0 Å². The molecule has 0 aliphatic heterocycles. The third kappa shape index (κ3) is 2.62. The minimum Gasteiger partial charge on any atom is -0.305 e. The second-order valence-corrected chi connectivity index (χ2v) is 4.90. The normalized spacial score (nSPS) is 12.7. The minimum atomic E-state index is -0.242. The molecule has 0 radical (unpaired) electrons. The summed E-state index contributed by atoms with van der Waals surface area (Å²) in [6.07, 6.45) is 1.86. The van der Waals surface area contributed by atoms with Crippen LogP contribution in [0.4, 0.5) is 4.39 Å². The zero-order valence-corrected chi connectivity index (χ0v) is 11.9. The molecule has 3 nitrogen and oxygen atoms in total. The molecule has 1 unspecified atom stereocenters. The molecule has 0 fully saturated rings. The fraction of sp³-hybridized carbons (Fsp3) is 0.308. The maximum absolute atomic E-state index is 14.1. The summed E-state index contributed by atoms with van der Waals surface area (Å²) in [5.41, 5.74) is 1.42. The lowest BCUT2D eigenvalue weighted by molar-refractivity contribution is 0.543. The second-order valence-electron chi connectivity index (χ2n) is 4.05. The smallest absolute Gasteiger partial charge is 0.142 e. The van der Waals surface area contributed by atoms with E-state index in [9.17, 15) is 4.39 Å². The van der Waals surface area contributed by atoms with Gasteiger partial charge in [0.05, 0.1) is 16.2 Å². The van der Waals surface area contributed by atoms with Gasteiger partial charge in [-0.1, -0.05) is 19.1 Å². The highest BCUT2D eigenvalue weighted by molar-refractivity contribution is 9.10. The Labute approximate surface area is 114 Å². The monoisotopic (exact) mass is 311 g/mol. The van der Waals surface area contributed by atoms with E-state index < -0.39 is 0 Å².